The molecule has 2 rings (SSSR count). The summed E-state index contributed by atoms with van der Waals surface area (Å²) >= 11 is 0. The molecule has 0 aromatic rings. The van der Waals surface area contributed by atoms with Gasteiger partial charge in [0, 0.05) is 24.2 Å². The monoisotopic (exact) mass is 267 g/mol. The minimum atomic E-state index is -0.0124. The SMILES string of the molecule is CC1NCCCC1NC(=O)C(C)N1C(C)CCC1C. The topological polar surface area (TPSA) is 44.4 Å². The van der Waals surface area contributed by atoms with Crippen molar-refractivity contribution in [2.24, 2.45) is 0 Å². The van der Waals surface area contributed by atoms with Gasteiger partial charge in [0.2, 0.25) is 5.91 Å². The normalized spacial score (nSPS) is 38.1. The van der Waals surface area contributed by atoms with Gasteiger partial charge in [0.15, 0.2) is 0 Å². The number of nitrogens with one attached hydrogen (secondary N) is 2. The molecular formula is C15H29N3O. The predicted molar refractivity (Wildman–Crippen MR) is 78.1 cm³/mol. The molecule has 0 spiro atoms. The van der Waals surface area contributed by atoms with Crippen molar-refractivity contribution < 1.29 is 4.79 Å². The van der Waals surface area contributed by atoms with Gasteiger partial charge in [-0.15, -0.1) is 0 Å². The van der Waals surface area contributed by atoms with Gasteiger partial charge in [-0.3, -0.25) is 9.69 Å². The van der Waals surface area contributed by atoms with Crippen LogP contribution in [0.4, 0.5) is 0 Å². The van der Waals surface area contributed by atoms with Crippen LogP contribution in [0.25, 0.3) is 0 Å². The zero-order valence-electron chi connectivity index (χ0n) is 12.8. The van der Waals surface area contributed by atoms with E-state index in [-0.39, 0.29) is 18.0 Å². The van der Waals surface area contributed by atoms with Gasteiger partial charge in [0.25, 0.3) is 0 Å². The van der Waals surface area contributed by atoms with Crippen LogP contribution in [-0.2, 0) is 4.79 Å². The summed E-state index contributed by atoms with van der Waals surface area (Å²) in [6, 6.07) is 1.71. The second-order valence-electron chi connectivity index (χ2n) is 6.40. The highest BCUT2D eigenvalue weighted by Gasteiger charge is 2.35. The number of carbonyl (C=O) groups excluding carboxylic acids is 1. The fourth-order valence-corrected chi connectivity index (χ4v) is 3.66. The van der Waals surface area contributed by atoms with E-state index in [0.717, 1.165) is 19.4 Å². The van der Waals surface area contributed by atoms with Gasteiger partial charge in [-0.05, 0) is 59.9 Å². The van der Waals surface area contributed by atoms with Crippen LogP contribution in [-0.4, -0.2) is 47.6 Å². The Morgan fingerprint density at radius 3 is 2.42 bits per heavy atom. The molecule has 4 nitrogen and oxygen atoms in total. The Morgan fingerprint density at radius 2 is 1.84 bits per heavy atom. The van der Waals surface area contributed by atoms with Gasteiger partial charge in [-0.1, -0.05) is 0 Å². The van der Waals surface area contributed by atoms with Crippen molar-refractivity contribution in [2.45, 2.75) is 83.6 Å². The fourth-order valence-electron chi connectivity index (χ4n) is 3.66. The van der Waals surface area contributed by atoms with Crippen LogP contribution in [0, 0.1) is 0 Å². The molecule has 2 aliphatic heterocycles. The summed E-state index contributed by atoms with van der Waals surface area (Å²) in [5, 5.41) is 6.68. The molecule has 2 aliphatic rings. The van der Waals surface area contributed by atoms with Crippen molar-refractivity contribution in [3.63, 3.8) is 0 Å². The average Bonchev–Trinajstić information content (AvgIpc) is 2.71. The maximum atomic E-state index is 12.5. The number of nitrogens with zero attached hydrogens (tertiary/aromatic N) is 1. The van der Waals surface area contributed by atoms with Crippen LogP contribution in [0.2, 0.25) is 0 Å². The van der Waals surface area contributed by atoms with Crippen molar-refractivity contribution in [3.05, 3.63) is 0 Å². The van der Waals surface area contributed by atoms with E-state index in [2.05, 4.69) is 43.2 Å². The van der Waals surface area contributed by atoms with Crippen molar-refractivity contribution >= 4 is 5.91 Å². The number of hydrogen-bond acceptors (Lipinski definition) is 3. The lowest BCUT2D eigenvalue weighted by Gasteiger charge is -2.35. The fraction of sp³-hybridized carbons (Fsp3) is 0.933. The van der Waals surface area contributed by atoms with Gasteiger partial charge >= 0.3 is 0 Å². The van der Waals surface area contributed by atoms with Crippen molar-refractivity contribution in [1.29, 1.82) is 0 Å². The first kappa shape index (κ1) is 14.8. The summed E-state index contributed by atoms with van der Waals surface area (Å²) in [4.78, 5) is 14.8. The summed E-state index contributed by atoms with van der Waals surface area (Å²) in [5.74, 6) is 0.196. The number of carbonyl (C=O) groups is 1. The molecule has 1 amide bonds. The third kappa shape index (κ3) is 3.29. The van der Waals surface area contributed by atoms with Crippen LogP contribution in [0.15, 0.2) is 0 Å². The predicted octanol–water partition coefficient (Wildman–Crippen LogP) is 1.50. The van der Waals surface area contributed by atoms with Crippen LogP contribution in [0.3, 0.4) is 0 Å². The molecule has 0 aromatic heterocycles. The highest BCUT2D eigenvalue weighted by atomic mass is 16.2. The van der Waals surface area contributed by atoms with Crippen LogP contribution < -0.4 is 10.6 Å². The molecule has 2 fully saturated rings. The van der Waals surface area contributed by atoms with Crippen LogP contribution in [0.5, 0.6) is 0 Å². The minimum absolute atomic E-state index is 0.0124. The Hall–Kier alpha value is -0.610. The number of rotatable bonds is 3. The van der Waals surface area contributed by atoms with Gasteiger partial charge in [0.1, 0.15) is 0 Å². The van der Waals surface area contributed by atoms with Crippen LogP contribution in [0.1, 0.15) is 53.4 Å². The molecule has 5 atom stereocenters. The summed E-state index contributed by atoms with van der Waals surface area (Å²) in [6.07, 6.45) is 4.66. The number of hydrogen-bond donors (Lipinski definition) is 2. The standard InChI is InChI=1S/C15H29N3O/c1-10-7-8-11(2)18(10)13(4)15(19)17-14-6-5-9-16-12(14)3/h10-14,16H,5-9H2,1-4H3,(H,17,19). The zero-order valence-corrected chi connectivity index (χ0v) is 12.8. The molecule has 0 bridgehead atoms. The second-order valence-corrected chi connectivity index (χ2v) is 6.40. The molecule has 2 heterocycles. The Labute approximate surface area is 117 Å². The van der Waals surface area contributed by atoms with Gasteiger partial charge < -0.3 is 10.6 Å². The Balaban J connectivity index is 1.91. The molecule has 4 heteroatoms. The zero-order chi connectivity index (χ0) is 14.0. The molecule has 110 valence electrons. The molecule has 0 radical (unpaired) electrons. The highest BCUT2D eigenvalue weighted by Crippen LogP contribution is 2.26. The lowest BCUT2D eigenvalue weighted by atomic mass is 9.99. The van der Waals surface area contributed by atoms with Gasteiger partial charge in [-0.2, -0.15) is 0 Å². The van der Waals surface area contributed by atoms with E-state index in [1.807, 2.05) is 0 Å². The second kappa shape index (κ2) is 6.23. The van der Waals surface area contributed by atoms with Crippen molar-refractivity contribution in [1.82, 2.24) is 15.5 Å². The molecular weight excluding hydrogens is 238 g/mol. The van der Waals surface area contributed by atoms with E-state index in [0.29, 0.717) is 18.1 Å². The van der Waals surface area contributed by atoms with Gasteiger partial charge in [0.05, 0.1) is 6.04 Å². The summed E-state index contributed by atoms with van der Waals surface area (Å²) in [5.41, 5.74) is 0. The van der Waals surface area contributed by atoms with E-state index in [9.17, 15) is 4.79 Å². The molecule has 19 heavy (non-hydrogen) atoms. The molecule has 2 saturated heterocycles. The van der Waals surface area contributed by atoms with Crippen molar-refractivity contribution in [2.75, 3.05) is 6.54 Å². The largest absolute Gasteiger partial charge is 0.350 e. The maximum absolute atomic E-state index is 12.5. The molecule has 0 aromatic carbocycles. The first-order valence-electron chi connectivity index (χ1n) is 7.82. The maximum Gasteiger partial charge on any atom is 0.237 e. The first-order chi connectivity index (χ1) is 9.00. The Kier molecular flexibility index (Phi) is 4.85. The van der Waals surface area contributed by atoms with E-state index >= 15 is 0 Å². The summed E-state index contributed by atoms with van der Waals surface area (Å²) in [7, 11) is 0. The quantitative estimate of drug-likeness (QED) is 0.814. The molecule has 0 aliphatic carbocycles. The lowest BCUT2D eigenvalue weighted by Crippen LogP contribution is -2.57. The highest BCUT2D eigenvalue weighted by molar-refractivity contribution is 5.81. The number of likely N-dealkylation sites (tertiary alicyclic amines) is 1. The molecule has 5 unspecified atom stereocenters. The van der Waals surface area contributed by atoms with E-state index in [1.165, 1.54) is 12.8 Å². The van der Waals surface area contributed by atoms with E-state index < -0.39 is 0 Å². The number of amides is 1. The summed E-state index contributed by atoms with van der Waals surface area (Å²) in [6.45, 7) is 9.75. The van der Waals surface area contributed by atoms with Crippen LogP contribution >= 0.6 is 0 Å². The third-order valence-corrected chi connectivity index (χ3v) is 4.94. The average molecular weight is 267 g/mol. The molecule has 0 saturated carbocycles. The van der Waals surface area contributed by atoms with E-state index in [4.69, 9.17) is 0 Å². The third-order valence-electron chi connectivity index (χ3n) is 4.94. The summed E-state index contributed by atoms with van der Waals surface area (Å²) < 4.78 is 0. The minimum Gasteiger partial charge on any atom is -0.350 e. The van der Waals surface area contributed by atoms with Crippen molar-refractivity contribution in [3.8, 4) is 0 Å². The first-order valence-corrected chi connectivity index (χ1v) is 7.82. The lowest BCUT2D eigenvalue weighted by molar-refractivity contribution is -0.128. The van der Waals surface area contributed by atoms with E-state index in [1.54, 1.807) is 0 Å². The van der Waals surface area contributed by atoms with Gasteiger partial charge in [-0.25, -0.2) is 0 Å². The Bertz CT molecular complexity index is 311. The number of piperidine rings is 1. The molecule has 2 N–H and O–H groups in total. The smallest absolute Gasteiger partial charge is 0.237 e. The Morgan fingerprint density at radius 1 is 1.21 bits per heavy atom.